The van der Waals surface area contributed by atoms with Gasteiger partial charge in [-0.3, -0.25) is 14.9 Å². The Balaban J connectivity index is 1.95. The molecule has 0 saturated heterocycles. The van der Waals surface area contributed by atoms with E-state index in [1.165, 1.54) is 0 Å². The van der Waals surface area contributed by atoms with E-state index in [9.17, 15) is 9.59 Å². The zero-order valence-electron chi connectivity index (χ0n) is 10.9. The van der Waals surface area contributed by atoms with Crippen molar-refractivity contribution in [2.45, 2.75) is 0 Å². The molecule has 0 aliphatic carbocycles. The Kier molecular flexibility index (Phi) is 3.46. The minimum atomic E-state index is -0.417. The van der Waals surface area contributed by atoms with Gasteiger partial charge in [-0.1, -0.05) is 29.8 Å². The highest BCUT2D eigenvalue weighted by Gasteiger charge is 2.26. The van der Waals surface area contributed by atoms with E-state index in [2.05, 4.69) is 10.6 Å². The fraction of sp³-hybridized carbons (Fsp3) is 0. The number of imide groups is 1. The third-order valence-electron chi connectivity index (χ3n) is 3.16. The second-order valence-corrected chi connectivity index (χ2v) is 4.97. The summed E-state index contributed by atoms with van der Waals surface area (Å²) in [4.78, 5) is 23.7. The van der Waals surface area contributed by atoms with Gasteiger partial charge in [-0.15, -0.1) is 0 Å². The van der Waals surface area contributed by atoms with Crippen LogP contribution in [0.3, 0.4) is 0 Å². The quantitative estimate of drug-likeness (QED) is 0.662. The number of hydrogen-bond acceptors (Lipinski definition) is 3. The van der Waals surface area contributed by atoms with E-state index in [4.69, 9.17) is 11.6 Å². The van der Waals surface area contributed by atoms with Crippen LogP contribution in [0.25, 0.3) is 5.57 Å². The predicted molar refractivity (Wildman–Crippen MR) is 82.0 cm³/mol. The number of rotatable bonds is 2. The van der Waals surface area contributed by atoms with Crippen molar-refractivity contribution in [3.8, 4) is 0 Å². The summed E-state index contributed by atoms with van der Waals surface area (Å²) in [5.74, 6) is -0.792. The summed E-state index contributed by atoms with van der Waals surface area (Å²) in [5.41, 5.74) is 2.32. The van der Waals surface area contributed by atoms with Crippen LogP contribution in [0.1, 0.15) is 15.9 Å². The number of anilines is 1. The van der Waals surface area contributed by atoms with Crippen molar-refractivity contribution in [3.05, 3.63) is 70.9 Å². The van der Waals surface area contributed by atoms with Crippen LogP contribution in [0.2, 0.25) is 5.02 Å². The Labute approximate surface area is 126 Å². The standard InChI is InChI=1S/C16H11ClN2O2/c17-10-5-7-11(8-6-10)18-9-14-12-3-1-2-4-13(12)15(20)19-16(14)21/h1-9,18H,(H,19,20,21). The molecule has 0 fully saturated rings. The van der Waals surface area contributed by atoms with Gasteiger partial charge in [-0.25, -0.2) is 0 Å². The van der Waals surface area contributed by atoms with Crippen LogP contribution in [-0.2, 0) is 4.79 Å². The molecule has 0 saturated carbocycles. The maximum absolute atomic E-state index is 12.0. The first-order chi connectivity index (χ1) is 10.1. The van der Waals surface area contributed by atoms with E-state index in [0.29, 0.717) is 21.7 Å². The second kappa shape index (κ2) is 5.42. The van der Waals surface area contributed by atoms with Crippen molar-refractivity contribution in [2.75, 3.05) is 5.32 Å². The molecule has 1 aliphatic rings. The summed E-state index contributed by atoms with van der Waals surface area (Å²) in [5, 5.41) is 6.00. The van der Waals surface area contributed by atoms with Gasteiger partial charge in [0.25, 0.3) is 11.8 Å². The molecule has 0 atom stereocenters. The number of amides is 2. The molecular weight excluding hydrogens is 288 g/mol. The Morgan fingerprint density at radius 3 is 2.29 bits per heavy atom. The molecule has 2 aromatic carbocycles. The van der Waals surface area contributed by atoms with Crippen molar-refractivity contribution in [3.63, 3.8) is 0 Å². The highest BCUT2D eigenvalue weighted by atomic mass is 35.5. The first-order valence-electron chi connectivity index (χ1n) is 6.32. The van der Waals surface area contributed by atoms with Crippen LogP contribution in [-0.4, -0.2) is 11.8 Å². The molecule has 2 amide bonds. The van der Waals surface area contributed by atoms with Gasteiger partial charge in [0.1, 0.15) is 0 Å². The lowest BCUT2D eigenvalue weighted by Crippen LogP contribution is -2.36. The average Bonchev–Trinajstić information content (AvgIpc) is 2.49. The molecule has 2 aromatic rings. The van der Waals surface area contributed by atoms with Gasteiger partial charge in [0, 0.05) is 28.0 Å². The Morgan fingerprint density at radius 2 is 1.57 bits per heavy atom. The summed E-state index contributed by atoms with van der Waals surface area (Å²) in [6, 6.07) is 14.1. The van der Waals surface area contributed by atoms with Crippen LogP contribution in [0, 0.1) is 0 Å². The van der Waals surface area contributed by atoms with Gasteiger partial charge >= 0.3 is 0 Å². The highest BCUT2D eigenvalue weighted by molar-refractivity contribution is 6.31. The van der Waals surface area contributed by atoms with E-state index in [-0.39, 0.29) is 5.91 Å². The third kappa shape index (κ3) is 2.66. The number of nitrogens with one attached hydrogen (secondary N) is 2. The molecule has 1 heterocycles. The summed E-state index contributed by atoms with van der Waals surface area (Å²) < 4.78 is 0. The first kappa shape index (κ1) is 13.4. The highest BCUT2D eigenvalue weighted by Crippen LogP contribution is 2.24. The lowest BCUT2D eigenvalue weighted by atomic mass is 9.96. The van der Waals surface area contributed by atoms with Gasteiger partial charge < -0.3 is 5.32 Å². The molecule has 3 rings (SSSR count). The molecule has 0 bridgehead atoms. The van der Waals surface area contributed by atoms with E-state index in [1.54, 1.807) is 54.7 Å². The number of fused-ring (bicyclic) bond motifs is 1. The van der Waals surface area contributed by atoms with Gasteiger partial charge in [0.2, 0.25) is 0 Å². The summed E-state index contributed by atoms with van der Waals surface area (Å²) in [6.45, 7) is 0. The van der Waals surface area contributed by atoms with Crippen molar-refractivity contribution >= 4 is 34.7 Å². The van der Waals surface area contributed by atoms with Crippen molar-refractivity contribution < 1.29 is 9.59 Å². The van der Waals surface area contributed by atoms with Gasteiger partial charge in [0.15, 0.2) is 0 Å². The van der Waals surface area contributed by atoms with E-state index >= 15 is 0 Å². The SMILES string of the molecule is O=C1NC(=O)c2ccccc2C1=CNc1ccc(Cl)cc1. The van der Waals surface area contributed by atoms with Crippen molar-refractivity contribution in [1.82, 2.24) is 5.32 Å². The second-order valence-electron chi connectivity index (χ2n) is 4.54. The lowest BCUT2D eigenvalue weighted by Gasteiger charge is -2.18. The molecule has 0 unspecified atom stereocenters. The molecule has 4 nitrogen and oxygen atoms in total. The smallest absolute Gasteiger partial charge is 0.260 e. The van der Waals surface area contributed by atoms with Gasteiger partial charge in [0.05, 0.1) is 5.57 Å². The van der Waals surface area contributed by atoms with Gasteiger partial charge in [-0.05, 0) is 30.3 Å². The normalized spacial score (nSPS) is 15.6. The zero-order chi connectivity index (χ0) is 14.8. The van der Waals surface area contributed by atoms with Crippen LogP contribution in [0.15, 0.2) is 54.7 Å². The van der Waals surface area contributed by atoms with E-state index in [1.807, 2.05) is 0 Å². The fourth-order valence-electron chi connectivity index (χ4n) is 2.12. The summed E-state index contributed by atoms with van der Waals surface area (Å²) in [7, 11) is 0. The minimum absolute atomic E-state index is 0.376. The molecule has 5 heteroatoms. The molecule has 1 aliphatic heterocycles. The number of carbonyl (C=O) groups excluding carboxylic acids is 2. The number of halogens is 1. The van der Waals surface area contributed by atoms with E-state index < -0.39 is 5.91 Å². The molecule has 0 spiro atoms. The fourth-order valence-corrected chi connectivity index (χ4v) is 2.25. The summed E-state index contributed by atoms with van der Waals surface area (Å²) >= 11 is 5.82. The molecule has 21 heavy (non-hydrogen) atoms. The predicted octanol–water partition coefficient (Wildman–Crippen LogP) is 3.06. The Bertz CT molecular complexity index is 751. The number of hydrogen-bond donors (Lipinski definition) is 2. The maximum atomic E-state index is 12.0. The van der Waals surface area contributed by atoms with E-state index in [0.717, 1.165) is 5.69 Å². The maximum Gasteiger partial charge on any atom is 0.260 e. The van der Waals surface area contributed by atoms with Crippen molar-refractivity contribution in [2.24, 2.45) is 0 Å². The largest absolute Gasteiger partial charge is 0.361 e. The Morgan fingerprint density at radius 1 is 0.905 bits per heavy atom. The van der Waals surface area contributed by atoms with Crippen LogP contribution >= 0.6 is 11.6 Å². The Hall–Kier alpha value is -2.59. The topological polar surface area (TPSA) is 58.2 Å². The van der Waals surface area contributed by atoms with Crippen LogP contribution < -0.4 is 10.6 Å². The molecule has 0 radical (unpaired) electrons. The minimum Gasteiger partial charge on any atom is -0.361 e. The lowest BCUT2D eigenvalue weighted by molar-refractivity contribution is -0.114. The number of carbonyl (C=O) groups is 2. The third-order valence-corrected chi connectivity index (χ3v) is 3.41. The zero-order valence-corrected chi connectivity index (χ0v) is 11.6. The number of benzene rings is 2. The van der Waals surface area contributed by atoms with Crippen LogP contribution in [0.4, 0.5) is 5.69 Å². The van der Waals surface area contributed by atoms with Crippen molar-refractivity contribution in [1.29, 1.82) is 0 Å². The molecule has 104 valence electrons. The summed E-state index contributed by atoms with van der Waals surface area (Å²) in [6.07, 6.45) is 1.59. The van der Waals surface area contributed by atoms with Gasteiger partial charge in [-0.2, -0.15) is 0 Å². The molecule has 2 N–H and O–H groups in total. The first-order valence-corrected chi connectivity index (χ1v) is 6.70. The molecule has 0 aromatic heterocycles. The average molecular weight is 299 g/mol. The molecular formula is C16H11ClN2O2. The monoisotopic (exact) mass is 298 g/mol. The van der Waals surface area contributed by atoms with Crippen LogP contribution in [0.5, 0.6) is 0 Å².